The average molecular weight is 327 g/mol. The third-order valence-corrected chi connectivity index (χ3v) is 5.52. The molecule has 0 spiro atoms. The highest BCUT2D eigenvalue weighted by Crippen LogP contribution is 2.39. The Morgan fingerprint density at radius 3 is 2.52 bits per heavy atom. The van der Waals surface area contributed by atoms with Crippen molar-refractivity contribution in [3.05, 3.63) is 64.2 Å². The molecule has 2 aromatic carbocycles. The number of benzene rings is 2. The highest BCUT2D eigenvalue weighted by atomic mass is 35.5. The molecule has 0 amide bonds. The quantitative estimate of drug-likeness (QED) is 0.800. The number of hydrogen-bond acceptors (Lipinski definition) is 2. The highest BCUT2D eigenvalue weighted by Gasteiger charge is 2.28. The van der Waals surface area contributed by atoms with Gasteiger partial charge in [0.05, 0.1) is 0 Å². The van der Waals surface area contributed by atoms with Crippen LogP contribution in [0, 0.1) is 0 Å². The second kappa shape index (κ2) is 6.18. The number of nitrogens with zero attached hydrogens (tertiary/aromatic N) is 2. The van der Waals surface area contributed by atoms with Crippen LogP contribution in [-0.2, 0) is 6.54 Å². The van der Waals surface area contributed by atoms with Gasteiger partial charge in [0.25, 0.3) is 0 Å². The molecule has 2 aliphatic rings. The van der Waals surface area contributed by atoms with Gasteiger partial charge < -0.3 is 9.80 Å². The number of fused-ring (bicyclic) bond motifs is 1. The van der Waals surface area contributed by atoms with Crippen molar-refractivity contribution >= 4 is 17.3 Å². The SMILES string of the molecule is CN1Cc2c(Cl)cc(N3CCCC3)cc2C(c2ccccc2)C1. The molecule has 0 aromatic heterocycles. The van der Waals surface area contributed by atoms with Crippen LogP contribution in [0.15, 0.2) is 42.5 Å². The molecule has 2 aliphatic heterocycles. The molecule has 0 saturated carbocycles. The van der Waals surface area contributed by atoms with Crippen LogP contribution >= 0.6 is 11.6 Å². The molecule has 1 saturated heterocycles. The van der Waals surface area contributed by atoms with Crippen LogP contribution in [-0.4, -0.2) is 31.6 Å². The van der Waals surface area contributed by atoms with Crippen molar-refractivity contribution in [2.24, 2.45) is 0 Å². The van der Waals surface area contributed by atoms with Gasteiger partial charge in [-0.05, 0) is 48.7 Å². The number of halogens is 1. The number of anilines is 1. The lowest BCUT2D eigenvalue weighted by Gasteiger charge is -2.34. The van der Waals surface area contributed by atoms with Crippen LogP contribution < -0.4 is 4.90 Å². The number of rotatable bonds is 2. The second-order valence-corrected chi connectivity index (χ2v) is 7.26. The lowest BCUT2D eigenvalue weighted by atomic mass is 9.84. The first-order valence-corrected chi connectivity index (χ1v) is 8.91. The summed E-state index contributed by atoms with van der Waals surface area (Å²) in [5, 5.41) is 0.928. The van der Waals surface area contributed by atoms with Crippen molar-refractivity contribution in [3.8, 4) is 0 Å². The predicted molar refractivity (Wildman–Crippen MR) is 97.5 cm³/mol. The van der Waals surface area contributed by atoms with Crippen molar-refractivity contribution < 1.29 is 0 Å². The summed E-state index contributed by atoms with van der Waals surface area (Å²) < 4.78 is 0. The first-order valence-electron chi connectivity index (χ1n) is 8.53. The lowest BCUT2D eigenvalue weighted by Crippen LogP contribution is -2.31. The minimum Gasteiger partial charge on any atom is -0.371 e. The van der Waals surface area contributed by atoms with Gasteiger partial charge in [0.2, 0.25) is 0 Å². The summed E-state index contributed by atoms with van der Waals surface area (Å²) in [6.07, 6.45) is 2.58. The normalized spacial score (nSPS) is 21.5. The second-order valence-electron chi connectivity index (χ2n) is 6.85. The zero-order chi connectivity index (χ0) is 15.8. The fourth-order valence-corrected chi connectivity index (χ4v) is 4.27. The summed E-state index contributed by atoms with van der Waals surface area (Å²) in [5.74, 6) is 0.407. The van der Waals surface area contributed by atoms with Gasteiger partial charge in [-0.2, -0.15) is 0 Å². The number of likely N-dealkylation sites (N-methyl/N-ethyl adjacent to an activating group) is 1. The van der Waals surface area contributed by atoms with E-state index >= 15 is 0 Å². The van der Waals surface area contributed by atoms with E-state index in [2.05, 4.69) is 59.3 Å². The molecule has 2 aromatic rings. The summed E-state index contributed by atoms with van der Waals surface area (Å²) >= 11 is 6.69. The van der Waals surface area contributed by atoms with E-state index < -0.39 is 0 Å². The topological polar surface area (TPSA) is 6.48 Å². The molecule has 0 N–H and O–H groups in total. The van der Waals surface area contributed by atoms with Gasteiger partial charge in [-0.15, -0.1) is 0 Å². The summed E-state index contributed by atoms with van der Waals surface area (Å²) in [6, 6.07) is 15.4. The Morgan fingerprint density at radius 2 is 1.78 bits per heavy atom. The Balaban J connectivity index is 1.80. The minimum absolute atomic E-state index is 0.407. The zero-order valence-electron chi connectivity index (χ0n) is 13.6. The van der Waals surface area contributed by atoms with Crippen molar-refractivity contribution in [3.63, 3.8) is 0 Å². The largest absolute Gasteiger partial charge is 0.371 e. The van der Waals surface area contributed by atoms with Crippen LogP contribution in [0.25, 0.3) is 0 Å². The maximum absolute atomic E-state index is 6.69. The Morgan fingerprint density at radius 1 is 1.04 bits per heavy atom. The molecule has 1 fully saturated rings. The van der Waals surface area contributed by atoms with Crippen LogP contribution in [0.1, 0.15) is 35.4 Å². The maximum atomic E-state index is 6.69. The van der Waals surface area contributed by atoms with Gasteiger partial charge in [-0.1, -0.05) is 41.9 Å². The zero-order valence-corrected chi connectivity index (χ0v) is 14.4. The summed E-state index contributed by atoms with van der Waals surface area (Å²) in [4.78, 5) is 4.86. The van der Waals surface area contributed by atoms with Crippen molar-refractivity contribution in [2.75, 3.05) is 31.6 Å². The van der Waals surface area contributed by atoms with Crippen molar-refractivity contribution in [1.29, 1.82) is 0 Å². The van der Waals surface area contributed by atoms with Gasteiger partial charge in [-0.3, -0.25) is 0 Å². The number of hydrogen-bond donors (Lipinski definition) is 0. The molecule has 0 radical (unpaired) electrons. The molecule has 1 atom stereocenters. The first-order chi connectivity index (χ1) is 11.2. The maximum Gasteiger partial charge on any atom is 0.0474 e. The van der Waals surface area contributed by atoms with Gasteiger partial charge in [0.1, 0.15) is 0 Å². The molecular formula is C20H23ClN2. The molecule has 2 nitrogen and oxygen atoms in total. The van der Waals surface area contributed by atoms with Gasteiger partial charge in [0.15, 0.2) is 0 Å². The molecule has 120 valence electrons. The molecule has 2 heterocycles. The fraction of sp³-hybridized carbons (Fsp3) is 0.400. The van der Waals surface area contributed by atoms with E-state index in [-0.39, 0.29) is 0 Å². The van der Waals surface area contributed by atoms with E-state index in [9.17, 15) is 0 Å². The summed E-state index contributed by atoms with van der Waals surface area (Å²) in [6.45, 7) is 4.31. The van der Waals surface area contributed by atoms with E-state index in [1.54, 1.807) is 0 Å². The molecule has 0 bridgehead atoms. The van der Waals surface area contributed by atoms with Crippen LogP contribution in [0.3, 0.4) is 0 Å². The van der Waals surface area contributed by atoms with Crippen molar-refractivity contribution in [2.45, 2.75) is 25.3 Å². The standard InChI is InChI=1S/C20H23ClN2/c1-22-13-18(15-7-3-2-4-8-15)17-11-16(23-9-5-6-10-23)12-20(21)19(17)14-22/h2-4,7-8,11-12,18H,5-6,9-10,13-14H2,1H3. The monoisotopic (exact) mass is 326 g/mol. The average Bonchev–Trinajstić information content (AvgIpc) is 3.10. The Labute approximate surface area is 143 Å². The molecular weight excluding hydrogens is 304 g/mol. The molecule has 0 aliphatic carbocycles. The molecule has 4 rings (SSSR count). The van der Waals surface area contributed by atoms with Gasteiger partial charge >= 0.3 is 0 Å². The third-order valence-electron chi connectivity index (χ3n) is 5.19. The lowest BCUT2D eigenvalue weighted by molar-refractivity contribution is 0.295. The Bertz CT molecular complexity index is 692. The van der Waals surface area contributed by atoms with Gasteiger partial charge in [0, 0.05) is 42.8 Å². The van der Waals surface area contributed by atoms with E-state index in [4.69, 9.17) is 11.6 Å². The van der Waals surface area contributed by atoms with Crippen LogP contribution in [0.5, 0.6) is 0 Å². The predicted octanol–water partition coefficient (Wildman–Crippen LogP) is 4.52. The minimum atomic E-state index is 0.407. The Hall–Kier alpha value is -1.51. The van der Waals surface area contributed by atoms with Crippen molar-refractivity contribution in [1.82, 2.24) is 4.90 Å². The van der Waals surface area contributed by atoms with E-state index in [0.29, 0.717) is 5.92 Å². The summed E-state index contributed by atoms with van der Waals surface area (Å²) in [5.41, 5.74) is 5.41. The van der Waals surface area contributed by atoms with E-state index in [1.165, 1.54) is 35.2 Å². The van der Waals surface area contributed by atoms with E-state index in [1.807, 2.05) is 0 Å². The third kappa shape index (κ3) is 2.86. The first kappa shape index (κ1) is 15.0. The smallest absolute Gasteiger partial charge is 0.0474 e. The highest BCUT2D eigenvalue weighted by molar-refractivity contribution is 6.31. The Kier molecular flexibility index (Phi) is 4.04. The van der Waals surface area contributed by atoms with E-state index in [0.717, 1.165) is 31.2 Å². The molecule has 1 unspecified atom stereocenters. The van der Waals surface area contributed by atoms with Crippen LogP contribution in [0.4, 0.5) is 5.69 Å². The molecule has 3 heteroatoms. The molecule has 23 heavy (non-hydrogen) atoms. The van der Waals surface area contributed by atoms with Gasteiger partial charge in [-0.25, -0.2) is 0 Å². The van der Waals surface area contributed by atoms with Crippen LogP contribution in [0.2, 0.25) is 5.02 Å². The summed E-state index contributed by atoms with van der Waals surface area (Å²) in [7, 11) is 2.18. The fourth-order valence-electron chi connectivity index (χ4n) is 3.99.